The highest BCUT2D eigenvalue weighted by Gasteiger charge is 2.51. The Balaban J connectivity index is 2.38. The Hall–Kier alpha value is -0.890. The normalized spacial score (nSPS) is 41.8. The zero-order valence-corrected chi connectivity index (χ0v) is 11.0. The molecule has 2 nitrogen and oxygen atoms in total. The summed E-state index contributed by atoms with van der Waals surface area (Å²) in [5.41, 5.74) is 1.04. The molecule has 4 atom stereocenters. The van der Waals surface area contributed by atoms with Gasteiger partial charge >= 0.3 is 0 Å². The van der Waals surface area contributed by atoms with Crippen LogP contribution in [-0.2, 0) is 4.79 Å². The first-order chi connectivity index (χ1) is 7.86. The molecular weight excluding hydrogens is 212 g/mol. The zero-order valence-electron chi connectivity index (χ0n) is 11.0. The molecule has 0 spiro atoms. The molecular formula is C15H22O2. The molecule has 17 heavy (non-hydrogen) atoms. The molecule has 0 saturated heterocycles. The largest absolute Gasteiger partial charge is 0.385 e. The topological polar surface area (TPSA) is 37.3 Å². The molecule has 0 amide bonds. The molecule has 0 aliphatic heterocycles. The minimum atomic E-state index is -0.920. The van der Waals surface area contributed by atoms with Crippen LogP contribution in [0.3, 0.4) is 0 Å². The second-order valence-corrected chi connectivity index (χ2v) is 5.93. The molecule has 0 heterocycles. The van der Waals surface area contributed by atoms with E-state index in [9.17, 15) is 9.90 Å². The van der Waals surface area contributed by atoms with Crippen molar-refractivity contribution in [3.05, 3.63) is 23.8 Å². The number of hydrogen-bond donors (Lipinski definition) is 1. The van der Waals surface area contributed by atoms with Crippen LogP contribution < -0.4 is 0 Å². The zero-order chi connectivity index (χ0) is 12.8. The molecule has 1 fully saturated rings. The van der Waals surface area contributed by atoms with Crippen molar-refractivity contribution in [2.24, 2.45) is 17.8 Å². The smallest absolute Gasteiger partial charge is 0.162 e. The van der Waals surface area contributed by atoms with Crippen LogP contribution >= 0.6 is 0 Å². The van der Waals surface area contributed by atoms with Gasteiger partial charge in [0, 0.05) is 0 Å². The van der Waals surface area contributed by atoms with Gasteiger partial charge in [-0.05, 0) is 56.6 Å². The third-order valence-electron chi connectivity index (χ3n) is 4.66. The summed E-state index contributed by atoms with van der Waals surface area (Å²) in [6.45, 7) is 10.0. The van der Waals surface area contributed by atoms with E-state index in [1.807, 2.05) is 13.8 Å². The molecule has 2 heteroatoms. The molecule has 0 aromatic rings. The van der Waals surface area contributed by atoms with Crippen LogP contribution in [0.4, 0.5) is 0 Å². The van der Waals surface area contributed by atoms with Crippen LogP contribution in [0.2, 0.25) is 0 Å². The molecule has 1 N–H and O–H groups in total. The fourth-order valence-corrected chi connectivity index (χ4v) is 3.48. The fraction of sp³-hybridized carbons (Fsp3) is 0.667. The Labute approximate surface area is 103 Å². The number of rotatable bonds is 1. The number of aliphatic hydroxyl groups is 1. The number of carbonyl (C=O) groups is 1. The number of hydrogen-bond acceptors (Lipinski definition) is 2. The van der Waals surface area contributed by atoms with E-state index in [-0.39, 0.29) is 17.6 Å². The second kappa shape index (κ2) is 4.09. The van der Waals surface area contributed by atoms with Crippen LogP contribution in [0.5, 0.6) is 0 Å². The van der Waals surface area contributed by atoms with Crippen LogP contribution in [0.1, 0.15) is 40.0 Å². The average molecular weight is 234 g/mol. The van der Waals surface area contributed by atoms with Gasteiger partial charge < -0.3 is 5.11 Å². The van der Waals surface area contributed by atoms with E-state index in [0.717, 1.165) is 24.0 Å². The lowest BCUT2D eigenvalue weighted by Gasteiger charge is -2.34. The molecule has 1 saturated carbocycles. The van der Waals surface area contributed by atoms with Crippen LogP contribution in [0.15, 0.2) is 23.8 Å². The minimum Gasteiger partial charge on any atom is -0.385 e. The molecule has 2 aliphatic rings. The monoisotopic (exact) mass is 234 g/mol. The summed E-state index contributed by atoms with van der Waals surface area (Å²) in [5.74, 6) is 0.471. The Kier molecular flexibility index (Phi) is 3.03. The average Bonchev–Trinajstić information content (AvgIpc) is 2.37. The highest BCUT2D eigenvalue weighted by Crippen LogP contribution is 2.48. The van der Waals surface area contributed by atoms with Crippen LogP contribution in [0.25, 0.3) is 0 Å². The number of fused-ring (bicyclic) bond motifs is 1. The fourth-order valence-electron chi connectivity index (χ4n) is 3.48. The summed E-state index contributed by atoms with van der Waals surface area (Å²) < 4.78 is 0. The summed E-state index contributed by atoms with van der Waals surface area (Å²) in [5, 5.41) is 10.9. The summed E-state index contributed by atoms with van der Waals surface area (Å²) in [4.78, 5) is 12.0. The lowest BCUT2D eigenvalue weighted by atomic mass is 9.75. The molecule has 2 rings (SSSR count). The van der Waals surface area contributed by atoms with Gasteiger partial charge in [-0.15, -0.1) is 0 Å². The van der Waals surface area contributed by atoms with Crippen molar-refractivity contribution in [2.75, 3.05) is 0 Å². The molecule has 2 aliphatic carbocycles. The number of carbonyl (C=O) groups excluding carboxylic acids is 1. The van der Waals surface area contributed by atoms with Crippen LogP contribution in [0, 0.1) is 17.8 Å². The maximum absolute atomic E-state index is 12.0. The van der Waals surface area contributed by atoms with Gasteiger partial charge in [0.2, 0.25) is 0 Å². The number of ketones is 1. The van der Waals surface area contributed by atoms with E-state index in [1.54, 1.807) is 6.08 Å². The standard InChI is InChI=1S/C15H22O2/c1-9(2)12-6-5-10(3)14-13(16)7-11(4)15(14,17)8-12/h7,10,12,14,17H,1,5-6,8H2,2-4H3. The van der Waals surface area contributed by atoms with Gasteiger partial charge in [0.15, 0.2) is 5.78 Å². The first kappa shape index (κ1) is 12.6. The van der Waals surface area contributed by atoms with E-state index in [0.29, 0.717) is 12.3 Å². The van der Waals surface area contributed by atoms with Crippen molar-refractivity contribution in [1.29, 1.82) is 0 Å². The Bertz CT molecular complexity index is 394. The van der Waals surface area contributed by atoms with Crippen molar-refractivity contribution < 1.29 is 9.90 Å². The van der Waals surface area contributed by atoms with E-state index in [2.05, 4.69) is 13.5 Å². The lowest BCUT2D eigenvalue weighted by molar-refractivity contribution is -0.125. The van der Waals surface area contributed by atoms with Gasteiger partial charge in [0.25, 0.3) is 0 Å². The highest BCUT2D eigenvalue weighted by molar-refractivity contribution is 5.97. The molecule has 4 unspecified atom stereocenters. The lowest BCUT2D eigenvalue weighted by Crippen LogP contribution is -2.41. The summed E-state index contributed by atoms with van der Waals surface area (Å²) in [6.07, 6.45) is 4.33. The third kappa shape index (κ3) is 1.89. The summed E-state index contributed by atoms with van der Waals surface area (Å²) in [6, 6.07) is 0. The second-order valence-electron chi connectivity index (χ2n) is 5.93. The maximum Gasteiger partial charge on any atom is 0.162 e. The Morgan fingerprint density at radius 3 is 2.76 bits per heavy atom. The molecule has 0 aromatic heterocycles. The predicted molar refractivity (Wildman–Crippen MR) is 68.5 cm³/mol. The van der Waals surface area contributed by atoms with Gasteiger partial charge in [0.05, 0.1) is 11.5 Å². The van der Waals surface area contributed by atoms with Gasteiger partial charge in [-0.2, -0.15) is 0 Å². The molecule has 94 valence electrons. The van der Waals surface area contributed by atoms with E-state index in [1.165, 1.54) is 0 Å². The quantitative estimate of drug-likeness (QED) is 0.708. The van der Waals surface area contributed by atoms with E-state index >= 15 is 0 Å². The van der Waals surface area contributed by atoms with Gasteiger partial charge in [-0.3, -0.25) is 4.79 Å². The van der Waals surface area contributed by atoms with Crippen molar-refractivity contribution in [1.82, 2.24) is 0 Å². The molecule has 0 radical (unpaired) electrons. The van der Waals surface area contributed by atoms with Crippen molar-refractivity contribution in [3.63, 3.8) is 0 Å². The maximum atomic E-state index is 12.0. The van der Waals surface area contributed by atoms with Crippen molar-refractivity contribution >= 4 is 5.78 Å². The van der Waals surface area contributed by atoms with Crippen molar-refractivity contribution in [3.8, 4) is 0 Å². The number of allylic oxidation sites excluding steroid dienone is 2. The first-order valence-electron chi connectivity index (χ1n) is 6.46. The Morgan fingerprint density at radius 2 is 2.18 bits per heavy atom. The minimum absolute atomic E-state index is 0.111. The summed E-state index contributed by atoms with van der Waals surface area (Å²) >= 11 is 0. The molecule has 0 aromatic carbocycles. The highest BCUT2D eigenvalue weighted by atomic mass is 16.3. The van der Waals surface area contributed by atoms with Gasteiger partial charge in [0.1, 0.15) is 0 Å². The first-order valence-corrected chi connectivity index (χ1v) is 6.46. The van der Waals surface area contributed by atoms with Gasteiger partial charge in [-0.1, -0.05) is 19.1 Å². The third-order valence-corrected chi connectivity index (χ3v) is 4.66. The summed E-state index contributed by atoms with van der Waals surface area (Å²) in [7, 11) is 0. The van der Waals surface area contributed by atoms with Crippen molar-refractivity contribution in [2.45, 2.75) is 45.6 Å². The Morgan fingerprint density at radius 1 is 1.53 bits per heavy atom. The van der Waals surface area contributed by atoms with Crippen LogP contribution in [-0.4, -0.2) is 16.5 Å². The molecule has 0 bridgehead atoms. The predicted octanol–water partition coefficient (Wildman–Crippen LogP) is 2.88. The SMILES string of the molecule is C=C(C)C1CCC(C)C2C(=O)C=C(C)C2(O)C1. The van der Waals surface area contributed by atoms with E-state index in [4.69, 9.17) is 0 Å². The van der Waals surface area contributed by atoms with Gasteiger partial charge in [-0.25, -0.2) is 0 Å². The van der Waals surface area contributed by atoms with E-state index < -0.39 is 5.60 Å².